The number of hydrogen-bond donors (Lipinski definition) is 2. The SMILES string of the molecule is COc1ccc(C(OCC(COCCCNC(=O)c2ccc3nc4c5cccnc5c5ncccc5c4nc3c2)OC(=O)CCC(=O)O)(c2ccccc2)c2ccc(OC)cc2)cc1. The van der Waals surface area contributed by atoms with E-state index in [4.69, 9.17) is 33.7 Å². The normalized spacial score (nSPS) is 12.0. The zero-order chi connectivity index (χ0) is 44.5. The minimum Gasteiger partial charge on any atom is -0.497 e. The van der Waals surface area contributed by atoms with Crippen molar-refractivity contribution in [1.29, 1.82) is 0 Å². The molecule has 64 heavy (non-hydrogen) atoms. The van der Waals surface area contributed by atoms with Crippen LogP contribution in [0, 0.1) is 0 Å². The number of methoxy groups -OCH3 is 2. The number of benzene rings is 5. The van der Waals surface area contributed by atoms with Gasteiger partial charge in [-0.1, -0.05) is 54.6 Å². The number of carbonyl (C=O) groups is 3. The van der Waals surface area contributed by atoms with Gasteiger partial charge in [0.2, 0.25) is 0 Å². The van der Waals surface area contributed by atoms with Crippen molar-refractivity contribution >= 4 is 61.7 Å². The summed E-state index contributed by atoms with van der Waals surface area (Å²) in [5.74, 6) is -0.780. The van der Waals surface area contributed by atoms with Gasteiger partial charge < -0.3 is 34.1 Å². The molecule has 8 rings (SSSR count). The number of pyridine rings is 2. The average molecular weight is 860 g/mol. The Morgan fingerprint density at radius 2 is 1.25 bits per heavy atom. The Morgan fingerprint density at radius 3 is 1.84 bits per heavy atom. The largest absolute Gasteiger partial charge is 0.497 e. The molecular weight excluding hydrogens is 815 g/mol. The molecule has 0 aliphatic heterocycles. The van der Waals surface area contributed by atoms with E-state index in [-0.39, 0.29) is 38.6 Å². The van der Waals surface area contributed by atoms with E-state index in [1.807, 2.05) is 103 Å². The van der Waals surface area contributed by atoms with Gasteiger partial charge in [0, 0.05) is 41.9 Å². The maximum atomic E-state index is 13.4. The van der Waals surface area contributed by atoms with Crippen molar-refractivity contribution in [3.8, 4) is 11.5 Å². The van der Waals surface area contributed by atoms with Crippen LogP contribution in [-0.2, 0) is 29.4 Å². The maximum Gasteiger partial charge on any atom is 0.306 e. The number of esters is 1. The van der Waals surface area contributed by atoms with Crippen molar-refractivity contribution in [2.45, 2.75) is 31.0 Å². The Balaban J connectivity index is 0.959. The van der Waals surface area contributed by atoms with Crippen LogP contribution in [-0.4, -0.2) is 89.6 Å². The lowest BCUT2D eigenvalue weighted by Gasteiger charge is -2.37. The third-order valence-corrected chi connectivity index (χ3v) is 10.8. The van der Waals surface area contributed by atoms with E-state index in [2.05, 4.69) is 15.3 Å². The molecule has 0 aliphatic carbocycles. The van der Waals surface area contributed by atoms with Crippen molar-refractivity contribution in [2.75, 3.05) is 40.6 Å². The Labute approximate surface area is 368 Å². The summed E-state index contributed by atoms with van der Waals surface area (Å²) in [5, 5.41) is 13.8. The molecule has 0 bridgehead atoms. The molecule has 5 aromatic carbocycles. The molecule has 324 valence electrons. The number of ether oxygens (including phenoxy) is 5. The van der Waals surface area contributed by atoms with Gasteiger partial charge in [0.1, 0.15) is 23.2 Å². The molecule has 3 heterocycles. The number of aliphatic carboxylic acids is 1. The van der Waals surface area contributed by atoms with Crippen LogP contribution in [0.15, 0.2) is 134 Å². The first-order chi connectivity index (χ1) is 31.3. The number of fused-ring (bicyclic) bond motifs is 7. The number of nitrogens with one attached hydrogen (secondary N) is 1. The van der Waals surface area contributed by atoms with Crippen LogP contribution < -0.4 is 14.8 Å². The number of carboxylic acids is 1. The second-order valence-corrected chi connectivity index (χ2v) is 14.9. The van der Waals surface area contributed by atoms with E-state index >= 15 is 0 Å². The summed E-state index contributed by atoms with van der Waals surface area (Å²) in [6.45, 7) is 0.322. The average Bonchev–Trinajstić information content (AvgIpc) is 3.34. The Hall–Kier alpha value is -7.55. The summed E-state index contributed by atoms with van der Waals surface area (Å²) in [7, 11) is 3.19. The van der Waals surface area contributed by atoms with E-state index in [9.17, 15) is 19.5 Å². The molecule has 3 aromatic heterocycles. The number of aromatic nitrogens is 4. The molecule has 0 saturated heterocycles. The first-order valence-electron chi connectivity index (χ1n) is 20.8. The summed E-state index contributed by atoms with van der Waals surface area (Å²) >= 11 is 0. The van der Waals surface area contributed by atoms with E-state index in [1.54, 1.807) is 44.8 Å². The molecule has 1 unspecified atom stereocenters. The predicted molar refractivity (Wildman–Crippen MR) is 240 cm³/mol. The van der Waals surface area contributed by atoms with E-state index in [0.717, 1.165) is 38.5 Å². The molecule has 1 amide bonds. The lowest BCUT2D eigenvalue weighted by atomic mass is 9.80. The number of carbonyl (C=O) groups excluding carboxylic acids is 2. The minimum absolute atomic E-state index is 0.0598. The minimum atomic E-state index is -1.20. The van der Waals surface area contributed by atoms with Gasteiger partial charge in [0.05, 0.1) is 73.4 Å². The molecular formula is C50H45N5O9. The lowest BCUT2D eigenvalue weighted by molar-refractivity contribution is -0.161. The third kappa shape index (κ3) is 9.28. The van der Waals surface area contributed by atoms with Crippen molar-refractivity contribution in [2.24, 2.45) is 0 Å². The van der Waals surface area contributed by atoms with Gasteiger partial charge in [-0.05, 0) is 89.8 Å². The number of amides is 1. The molecule has 0 fully saturated rings. The standard InChI is InChI=1S/C50H45N5O9/c1-60-36-18-14-34(15-19-36)50(33-9-4-3-5-10-33,35-16-20-37(61-2)21-17-35)63-31-38(64-44(58)24-23-43(56)57)30-62-28-8-27-53-49(59)32-13-22-41-42(29-32)55-48-40-12-7-26-52-46(40)45-39(47(48)54-41)11-6-25-51-45/h3-7,9-22,25-26,29,38H,8,23-24,27-28,30-31H2,1-2H3,(H,53,59)(H,56,57). The van der Waals surface area contributed by atoms with Crippen LogP contribution in [0.25, 0.3) is 43.9 Å². The van der Waals surface area contributed by atoms with E-state index < -0.39 is 23.6 Å². The van der Waals surface area contributed by atoms with Crippen LogP contribution in [0.4, 0.5) is 0 Å². The highest BCUT2D eigenvalue weighted by atomic mass is 16.6. The maximum absolute atomic E-state index is 13.4. The van der Waals surface area contributed by atoms with Gasteiger partial charge in [0.25, 0.3) is 5.91 Å². The fourth-order valence-electron chi connectivity index (χ4n) is 7.70. The molecule has 0 saturated carbocycles. The molecule has 0 spiro atoms. The molecule has 2 N–H and O–H groups in total. The van der Waals surface area contributed by atoms with Crippen LogP contribution in [0.2, 0.25) is 0 Å². The fourth-order valence-corrected chi connectivity index (χ4v) is 7.70. The van der Waals surface area contributed by atoms with E-state index in [0.29, 0.717) is 52.1 Å². The quantitative estimate of drug-likeness (QED) is 0.0264. The van der Waals surface area contributed by atoms with Gasteiger partial charge in [-0.2, -0.15) is 0 Å². The van der Waals surface area contributed by atoms with Crippen molar-refractivity contribution < 1.29 is 43.2 Å². The first kappa shape index (κ1) is 43.1. The first-order valence-corrected chi connectivity index (χ1v) is 20.8. The second kappa shape index (κ2) is 19.7. The Morgan fingerprint density at radius 1 is 0.656 bits per heavy atom. The third-order valence-electron chi connectivity index (χ3n) is 10.8. The highest BCUT2D eigenvalue weighted by molar-refractivity contribution is 6.21. The van der Waals surface area contributed by atoms with Crippen molar-refractivity contribution in [3.05, 3.63) is 156 Å². The highest BCUT2D eigenvalue weighted by Gasteiger charge is 2.39. The Kier molecular flexibility index (Phi) is 13.2. The van der Waals surface area contributed by atoms with Gasteiger partial charge in [-0.15, -0.1) is 0 Å². The van der Waals surface area contributed by atoms with Crippen LogP contribution in [0.1, 0.15) is 46.3 Å². The smallest absolute Gasteiger partial charge is 0.306 e. The molecule has 0 aliphatic rings. The predicted octanol–water partition coefficient (Wildman–Crippen LogP) is 7.82. The summed E-state index contributed by atoms with van der Waals surface area (Å²) in [6.07, 6.45) is 2.27. The Bertz CT molecular complexity index is 2880. The number of hydrogen-bond acceptors (Lipinski definition) is 12. The van der Waals surface area contributed by atoms with Crippen molar-refractivity contribution in [1.82, 2.24) is 25.3 Å². The van der Waals surface area contributed by atoms with Crippen LogP contribution in [0.3, 0.4) is 0 Å². The highest BCUT2D eigenvalue weighted by Crippen LogP contribution is 2.42. The summed E-state index contributed by atoms with van der Waals surface area (Å²) < 4.78 is 29.7. The summed E-state index contributed by atoms with van der Waals surface area (Å²) in [4.78, 5) is 56.6. The molecule has 14 nitrogen and oxygen atoms in total. The summed E-state index contributed by atoms with van der Waals surface area (Å²) in [6, 6.07) is 37.6. The number of rotatable bonds is 19. The molecule has 1 atom stereocenters. The molecule has 14 heteroatoms. The van der Waals surface area contributed by atoms with Gasteiger partial charge in [-0.25, -0.2) is 9.97 Å². The van der Waals surface area contributed by atoms with Gasteiger partial charge >= 0.3 is 11.9 Å². The van der Waals surface area contributed by atoms with Crippen LogP contribution >= 0.6 is 0 Å². The zero-order valence-corrected chi connectivity index (χ0v) is 35.2. The van der Waals surface area contributed by atoms with Gasteiger partial charge in [0.15, 0.2) is 0 Å². The number of nitrogens with zero attached hydrogens (tertiary/aromatic N) is 4. The molecule has 0 radical (unpaired) electrons. The lowest BCUT2D eigenvalue weighted by Crippen LogP contribution is -2.38. The van der Waals surface area contributed by atoms with Crippen molar-refractivity contribution in [3.63, 3.8) is 0 Å². The van der Waals surface area contributed by atoms with E-state index in [1.165, 1.54) is 0 Å². The zero-order valence-electron chi connectivity index (χ0n) is 35.2. The topological polar surface area (TPSA) is 181 Å². The fraction of sp³-hybridized carbons (Fsp3) is 0.220. The number of carboxylic acid groups (broad SMARTS) is 1. The van der Waals surface area contributed by atoms with Gasteiger partial charge in [-0.3, -0.25) is 24.4 Å². The monoisotopic (exact) mass is 859 g/mol. The molecule has 8 aromatic rings. The summed E-state index contributed by atoms with van der Waals surface area (Å²) in [5.41, 5.74) is 5.66. The second-order valence-electron chi connectivity index (χ2n) is 14.9. The van der Waals surface area contributed by atoms with Crippen LogP contribution in [0.5, 0.6) is 11.5 Å².